The topological polar surface area (TPSA) is 63.2 Å². The number of piperidine rings is 1. The van der Waals surface area contributed by atoms with Crippen molar-refractivity contribution >= 4 is 35.0 Å². The molecule has 1 saturated heterocycles. The zero-order valence-corrected chi connectivity index (χ0v) is 26.2. The Labute approximate surface area is 264 Å². The first kappa shape index (κ1) is 31.3. The van der Waals surface area contributed by atoms with Crippen LogP contribution >= 0.6 is 23.2 Å². The van der Waals surface area contributed by atoms with Crippen LogP contribution in [0.4, 0.5) is 0 Å². The third-order valence-electron chi connectivity index (χ3n) is 7.86. The highest BCUT2D eigenvalue weighted by Crippen LogP contribution is 2.35. The molecule has 6 nitrogen and oxygen atoms in total. The molecule has 2 aliphatic heterocycles. The molecule has 43 heavy (non-hydrogen) atoms. The van der Waals surface area contributed by atoms with Crippen molar-refractivity contribution in [3.63, 3.8) is 0 Å². The number of ether oxygens (including phenoxy) is 2. The van der Waals surface area contributed by atoms with E-state index in [4.69, 9.17) is 37.7 Å². The van der Waals surface area contributed by atoms with Crippen molar-refractivity contribution < 1.29 is 14.3 Å². The fourth-order valence-corrected chi connectivity index (χ4v) is 5.75. The summed E-state index contributed by atoms with van der Waals surface area (Å²) in [5.74, 6) is 0.240. The number of nitrogens with zero attached hydrogens (tertiary/aromatic N) is 2. The summed E-state index contributed by atoms with van der Waals surface area (Å²) in [6.07, 6.45) is 5.29. The van der Waals surface area contributed by atoms with Gasteiger partial charge in [-0.05, 0) is 69.0 Å². The highest BCUT2D eigenvalue weighted by molar-refractivity contribution is 6.42. The first-order valence-electron chi connectivity index (χ1n) is 15.1. The quantitative estimate of drug-likeness (QED) is 0.170. The van der Waals surface area contributed by atoms with E-state index in [-0.39, 0.29) is 6.61 Å². The minimum atomic E-state index is -0.644. The third-order valence-corrected chi connectivity index (χ3v) is 8.60. The van der Waals surface area contributed by atoms with E-state index >= 15 is 0 Å². The number of rotatable bonds is 12. The van der Waals surface area contributed by atoms with Gasteiger partial charge in [-0.25, -0.2) is 4.79 Å². The minimum Gasteiger partial charge on any atom is -0.462 e. The second-order valence-corrected chi connectivity index (χ2v) is 11.9. The maximum atomic E-state index is 13.8. The predicted molar refractivity (Wildman–Crippen MR) is 174 cm³/mol. The van der Waals surface area contributed by atoms with Gasteiger partial charge in [0.25, 0.3) is 0 Å². The van der Waals surface area contributed by atoms with Crippen LogP contribution in [0.5, 0.6) is 0 Å². The fourth-order valence-electron chi connectivity index (χ4n) is 5.45. The second-order valence-electron chi connectivity index (χ2n) is 11.1. The lowest BCUT2D eigenvalue weighted by molar-refractivity contribution is -0.139. The number of hydrogen-bond acceptors (Lipinski definition) is 6. The van der Waals surface area contributed by atoms with E-state index in [1.807, 2.05) is 55.5 Å². The molecule has 0 aromatic heterocycles. The standard InChI is InChI=1S/C35H39Cl2N3O3/c1-25-12-14-27(15-13-25)34-38-31(24-42-22-20-40-18-6-3-7-19-40)32(33(39-34)28-16-17-29(36)30(37)23-28)35(41)43-21-8-11-26-9-4-2-5-10-26/h2,4-5,9-10,12-17,23,33H,3,6-8,11,18-22,24H2,1H3,(H,38,39). The van der Waals surface area contributed by atoms with Gasteiger partial charge in [-0.2, -0.15) is 0 Å². The van der Waals surface area contributed by atoms with E-state index in [0.717, 1.165) is 42.7 Å². The number of halogens is 2. The second kappa shape index (κ2) is 15.5. The van der Waals surface area contributed by atoms with Crippen molar-refractivity contribution in [1.29, 1.82) is 0 Å². The van der Waals surface area contributed by atoms with Crippen molar-refractivity contribution in [2.75, 3.05) is 39.5 Å². The number of amidine groups is 1. The Kier molecular flexibility index (Phi) is 11.3. The molecule has 2 aliphatic rings. The van der Waals surface area contributed by atoms with Gasteiger partial charge in [-0.1, -0.05) is 95.8 Å². The first-order chi connectivity index (χ1) is 21.0. The lowest BCUT2D eigenvalue weighted by atomic mass is 9.95. The van der Waals surface area contributed by atoms with Crippen molar-refractivity contribution in [3.05, 3.63) is 116 Å². The zero-order chi connectivity index (χ0) is 30.0. The molecule has 1 fully saturated rings. The number of carbonyl (C=O) groups excluding carboxylic acids is 1. The average Bonchev–Trinajstić information content (AvgIpc) is 3.03. The Morgan fingerprint density at radius 1 is 0.953 bits per heavy atom. The summed E-state index contributed by atoms with van der Waals surface area (Å²) in [5.41, 5.74) is 5.10. The van der Waals surface area contributed by atoms with Crippen LogP contribution in [0, 0.1) is 6.92 Å². The van der Waals surface area contributed by atoms with E-state index in [1.54, 1.807) is 12.1 Å². The van der Waals surface area contributed by atoms with Gasteiger partial charge in [0.2, 0.25) is 0 Å². The average molecular weight is 621 g/mol. The molecule has 0 saturated carbocycles. The molecule has 0 amide bonds. The normalized spacial score (nSPS) is 17.4. The largest absolute Gasteiger partial charge is 0.462 e. The van der Waals surface area contributed by atoms with Gasteiger partial charge in [0.05, 0.1) is 41.1 Å². The molecule has 3 aromatic carbocycles. The lowest BCUT2D eigenvalue weighted by Crippen LogP contribution is -2.37. The summed E-state index contributed by atoms with van der Waals surface area (Å²) in [7, 11) is 0. The number of nitrogens with one attached hydrogen (secondary N) is 1. The number of aryl methyl sites for hydroxylation is 2. The van der Waals surface area contributed by atoms with Crippen molar-refractivity contribution in [1.82, 2.24) is 10.2 Å². The maximum Gasteiger partial charge on any atom is 0.338 e. The molecule has 8 heteroatoms. The van der Waals surface area contributed by atoms with Gasteiger partial charge >= 0.3 is 5.97 Å². The number of aliphatic imine (C=N–C) groups is 1. The molecule has 2 heterocycles. The summed E-state index contributed by atoms with van der Waals surface area (Å²) < 4.78 is 12.1. The molecule has 0 radical (unpaired) electrons. The SMILES string of the molecule is Cc1ccc(C2=NC(c3ccc(Cl)c(Cl)c3)C(C(=O)OCCCc3ccccc3)=C(COCCN3CCCCC3)N2)cc1. The molecule has 1 unspecified atom stereocenters. The van der Waals surface area contributed by atoms with Crippen LogP contribution < -0.4 is 5.32 Å². The zero-order valence-electron chi connectivity index (χ0n) is 24.7. The molecular weight excluding hydrogens is 581 g/mol. The Morgan fingerprint density at radius 2 is 1.72 bits per heavy atom. The Balaban J connectivity index is 1.40. The number of esters is 1. The van der Waals surface area contributed by atoms with Crippen LogP contribution in [0.25, 0.3) is 0 Å². The molecule has 0 spiro atoms. The molecule has 1 atom stereocenters. The van der Waals surface area contributed by atoms with E-state index in [0.29, 0.717) is 46.8 Å². The molecule has 0 aliphatic carbocycles. The van der Waals surface area contributed by atoms with Gasteiger partial charge in [-0.3, -0.25) is 4.99 Å². The van der Waals surface area contributed by atoms with Crippen LogP contribution in [-0.4, -0.2) is 56.2 Å². The number of likely N-dealkylation sites (tertiary alicyclic amines) is 1. The molecule has 1 N–H and O–H groups in total. The number of hydrogen-bond donors (Lipinski definition) is 1. The van der Waals surface area contributed by atoms with Crippen LogP contribution in [0.2, 0.25) is 10.0 Å². The number of carbonyl (C=O) groups is 1. The highest BCUT2D eigenvalue weighted by atomic mass is 35.5. The maximum absolute atomic E-state index is 13.8. The Hall–Kier alpha value is -3.16. The summed E-state index contributed by atoms with van der Waals surface area (Å²) in [4.78, 5) is 21.3. The molecular formula is C35H39Cl2N3O3. The van der Waals surface area contributed by atoms with E-state index in [1.165, 1.54) is 24.8 Å². The van der Waals surface area contributed by atoms with Crippen molar-refractivity contribution in [2.45, 2.75) is 45.1 Å². The van der Waals surface area contributed by atoms with Crippen LogP contribution in [0.1, 0.15) is 54.0 Å². The summed E-state index contributed by atoms with van der Waals surface area (Å²) in [6, 6.07) is 23.0. The van der Waals surface area contributed by atoms with Gasteiger partial charge in [-0.15, -0.1) is 0 Å². The monoisotopic (exact) mass is 619 g/mol. The van der Waals surface area contributed by atoms with E-state index < -0.39 is 12.0 Å². The predicted octanol–water partition coefficient (Wildman–Crippen LogP) is 7.33. The van der Waals surface area contributed by atoms with Gasteiger partial charge in [0, 0.05) is 12.1 Å². The molecule has 5 rings (SSSR count). The van der Waals surface area contributed by atoms with Crippen LogP contribution in [0.15, 0.2) is 89.1 Å². The van der Waals surface area contributed by atoms with Crippen molar-refractivity contribution in [3.8, 4) is 0 Å². The Bertz CT molecular complexity index is 1430. The number of benzene rings is 3. The smallest absolute Gasteiger partial charge is 0.338 e. The van der Waals surface area contributed by atoms with E-state index in [2.05, 4.69) is 22.3 Å². The van der Waals surface area contributed by atoms with Crippen LogP contribution in [0.3, 0.4) is 0 Å². The molecule has 3 aromatic rings. The molecule has 0 bridgehead atoms. The van der Waals surface area contributed by atoms with Crippen LogP contribution in [-0.2, 0) is 20.7 Å². The molecule has 226 valence electrons. The third kappa shape index (κ3) is 8.70. The van der Waals surface area contributed by atoms with Gasteiger partial charge in [0.1, 0.15) is 11.9 Å². The van der Waals surface area contributed by atoms with Crippen molar-refractivity contribution in [2.24, 2.45) is 4.99 Å². The Morgan fingerprint density at radius 3 is 2.47 bits per heavy atom. The first-order valence-corrected chi connectivity index (χ1v) is 15.8. The van der Waals surface area contributed by atoms with E-state index in [9.17, 15) is 4.79 Å². The summed E-state index contributed by atoms with van der Waals surface area (Å²) >= 11 is 12.7. The minimum absolute atomic E-state index is 0.227. The van der Waals surface area contributed by atoms with Gasteiger partial charge in [0.15, 0.2) is 0 Å². The highest BCUT2D eigenvalue weighted by Gasteiger charge is 2.33. The van der Waals surface area contributed by atoms with Gasteiger partial charge < -0.3 is 19.7 Å². The summed E-state index contributed by atoms with van der Waals surface area (Å²) in [5, 5.41) is 4.28. The summed E-state index contributed by atoms with van der Waals surface area (Å²) in [6.45, 7) is 6.21. The fraction of sp³-hybridized carbons (Fsp3) is 0.371. The lowest BCUT2D eigenvalue weighted by Gasteiger charge is -2.29.